The molecular weight excluding hydrogens is 291 g/mol. The number of hydrogen-bond acceptors (Lipinski definition) is 5. The number of esters is 2. The van der Waals surface area contributed by atoms with Gasteiger partial charge in [-0.1, -0.05) is 12.1 Å². The van der Waals surface area contributed by atoms with Crippen LogP contribution >= 0.6 is 0 Å². The van der Waals surface area contributed by atoms with Gasteiger partial charge in [0.05, 0.1) is 5.56 Å². The van der Waals surface area contributed by atoms with Crippen molar-refractivity contribution in [3.8, 4) is 11.5 Å². The van der Waals surface area contributed by atoms with Crippen LogP contribution in [-0.4, -0.2) is 25.7 Å². The van der Waals surface area contributed by atoms with Crippen molar-refractivity contribution in [2.24, 2.45) is 0 Å². The number of ether oxygens (including phenoxy) is 3. The molecule has 22 heavy (non-hydrogen) atoms. The molecule has 0 aromatic heterocycles. The molecule has 0 atom stereocenters. The minimum Gasteiger partial charge on any atom is -0.421 e. The summed E-state index contributed by atoms with van der Waals surface area (Å²) >= 11 is 0. The number of rotatable bonds is 5. The Labute approximate surface area is 126 Å². The molecule has 0 amide bonds. The summed E-state index contributed by atoms with van der Waals surface area (Å²) in [5.74, 6) is -1.57. The Balaban J connectivity index is 2.13. The Hall–Kier alpha value is -2.73. The lowest BCUT2D eigenvalue weighted by Crippen LogP contribution is -2.16. The van der Waals surface area contributed by atoms with Crippen LogP contribution in [0.1, 0.15) is 10.4 Å². The van der Waals surface area contributed by atoms with Gasteiger partial charge in [0.25, 0.3) is 0 Å². The first-order valence-corrected chi connectivity index (χ1v) is 6.36. The van der Waals surface area contributed by atoms with Gasteiger partial charge in [0.2, 0.25) is 0 Å². The number of hydrogen-bond donors (Lipinski definition) is 0. The lowest BCUT2D eigenvalue weighted by molar-refractivity contribution is -0.138. The van der Waals surface area contributed by atoms with E-state index < -0.39 is 17.8 Å². The normalized spacial score (nSPS) is 10.1. The number of benzene rings is 2. The van der Waals surface area contributed by atoms with Gasteiger partial charge in [0, 0.05) is 7.11 Å². The average molecular weight is 304 g/mol. The van der Waals surface area contributed by atoms with E-state index in [0.717, 1.165) is 12.1 Å². The van der Waals surface area contributed by atoms with Gasteiger partial charge in [0.15, 0.2) is 11.5 Å². The SMILES string of the molecule is COCC(=O)Oc1ccccc1OC(=O)c1ccc(F)cc1. The minimum absolute atomic E-state index is 0.0845. The molecule has 0 radical (unpaired) electrons. The van der Waals surface area contributed by atoms with E-state index >= 15 is 0 Å². The second kappa shape index (κ2) is 7.33. The van der Waals surface area contributed by atoms with Gasteiger partial charge in [-0.05, 0) is 36.4 Å². The average Bonchev–Trinajstić information content (AvgIpc) is 2.50. The van der Waals surface area contributed by atoms with E-state index in [4.69, 9.17) is 9.47 Å². The van der Waals surface area contributed by atoms with E-state index in [1.165, 1.54) is 31.4 Å². The van der Waals surface area contributed by atoms with Crippen molar-refractivity contribution in [1.82, 2.24) is 0 Å². The Bertz CT molecular complexity index is 666. The van der Waals surface area contributed by atoms with Gasteiger partial charge in [-0.2, -0.15) is 0 Å². The van der Waals surface area contributed by atoms with E-state index in [1.807, 2.05) is 0 Å². The van der Waals surface area contributed by atoms with Crippen LogP contribution in [0.5, 0.6) is 11.5 Å². The van der Waals surface area contributed by atoms with E-state index in [9.17, 15) is 14.0 Å². The lowest BCUT2D eigenvalue weighted by Gasteiger charge is -2.10. The van der Waals surface area contributed by atoms with Crippen LogP contribution < -0.4 is 9.47 Å². The molecule has 114 valence electrons. The summed E-state index contributed by atoms with van der Waals surface area (Å²) in [5, 5.41) is 0. The third kappa shape index (κ3) is 4.13. The fourth-order valence-electron chi connectivity index (χ4n) is 1.63. The Morgan fingerprint density at radius 2 is 1.55 bits per heavy atom. The summed E-state index contributed by atoms with van der Waals surface area (Å²) < 4.78 is 27.7. The molecule has 0 aliphatic carbocycles. The van der Waals surface area contributed by atoms with Gasteiger partial charge >= 0.3 is 11.9 Å². The maximum absolute atomic E-state index is 12.8. The molecule has 0 saturated heterocycles. The summed E-state index contributed by atoms with van der Waals surface area (Å²) in [5.41, 5.74) is 0.180. The molecule has 2 rings (SSSR count). The van der Waals surface area contributed by atoms with E-state index in [-0.39, 0.29) is 23.7 Å². The summed E-state index contributed by atoms with van der Waals surface area (Å²) in [6.07, 6.45) is 0. The highest BCUT2D eigenvalue weighted by molar-refractivity contribution is 5.91. The van der Waals surface area contributed by atoms with Crippen LogP contribution in [0.25, 0.3) is 0 Å². The van der Waals surface area contributed by atoms with Crippen molar-refractivity contribution >= 4 is 11.9 Å². The van der Waals surface area contributed by atoms with Gasteiger partial charge in [-0.3, -0.25) is 0 Å². The maximum atomic E-state index is 12.8. The third-order valence-corrected chi connectivity index (χ3v) is 2.62. The summed E-state index contributed by atoms with van der Waals surface area (Å²) in [7, 11) is 1.36. The molecule has 2 aromatic rings. The first-order chi connectivity index (χ1) is 10.6. The van der Waals surface area contributed by atoms with E-state index in [1.54, 1.807) is 12.1 Å². The zero-order valence-corrected chi connectivity index (χ0v) is 11.7. The smallest absolute Gasteiger partial charge is 0.343 e. The zero-order chi connectivity index (χ0) is 15.9. The largest absolute Gasteiger partial charge is 0.421 e. The van der Waals surface area contributed by atoms with Crippen LogP contribution in [0.2, 0.25) is 0 Å². The Morgan fingerprint density at radius 3 is 2.14 bits per heavy atom. The number of methoxy groups -OCH3 is 1. The second-order valence-corrected chi connectivity index (χ2v) is 4.25. The van der Waals surface area contributed by atoms with Crippen molar-refractivity contribution in [3.05, 3.63) is 59.9 Å². The molecule has 2 aromatic carbocycles. The highest BCUT2D eigenvalue weighted by Gasteiger charge is 2.14. The molecule has 0 spiro atoms. The van der Waals surface area contributed by atoms with E-state index in [2.05, 4.69) is 4.74 Å². The van der Waals surface area contributed by atoms with Crippen LogP contribution in [0, 0.1) is 5.82 Å². The molecule has 0 aliphatic heterocycles. The Kier molecular flexibility index (Phi) is 5.21. The van der Waals surface area contributed by atoms with Crippen molar-refractivity contribution in [3.63, 3.8) is 0 Å². The molecule has 0 aliphatic rings. The first kappa shape index (κ1) is 15.7. The predicted octanol–water partition coefficient (Wildman–Crippen LogP) is 2.60. The summed E-state index contributed by atoms with van der Waals surface area (Å²) in [6.45, 7) is -0.222. The van der Waals surface area contributed by atoms with Gasteiger partial charge in [-0.25, -0.2) is 14.0 Å². The van der Waals surface area contributed by atoms with Crippen LogP contribution in [0.3, 0.4) is 0 Å². The molecule has 0 heterocycles. The highest BCUT2D eigenvalue weighted by Crippen LogP contribution is 2.27. The van der Waals surface area contributed by atoms with Crippen molar-refractivity contribution < 1.29 is 28.2 Å². The quantitative estimate of drug-likeness (QED) is 0.627. The summed E-state index contributed by atoms with van der Waals surface area (Å²) in [6, 6.07) is 11.1. The standard InChI is InChI=1S/C16H13FO5/c1-20-10-15(18)21-13-4-2-3-5-14(13)22-16(19)11-6-8-12(17)9-7-11/h2-9H,10H2,1H3. The maximum Gasteiger partial charge on any atom is 0.343 e. The molecule has 6 heteroatoms. The molecule has 0 N–H and O–H groups in total. The van der Waals surface area contributed by atoms with Crippen molar-refractivity contribution in [2.45, 2.75) is 0 Å². The molecule has 5 nitrogen and oxygen atoms in total. The number of carbonyl (C=O) groups excluding carboxylic acids is 2. The summed E-state index contributed by atoms with van der Waals surface area (Å²) in [4.78, 5) is 23.4. The van der Waals surface area contributed by atoms with Gasteiger partial charge in [-0.15, -0.1) is 0 Å². The van der Waals surface area contributed by atoms with Crippen LogP contribution in [0.15, 0.2) is 48.5 Å². The third-order valence-electron chi connectivity index (χ3n) is 2.62. The highest BCUT2D eigenvalue weighted by atomic mass is 19.1. The molecule has 0 fully saturated rings. The van der Waals surface area contributed by atoms with Crippen LogP contribution in [-0.2, 0) is 9.53 Å². The lowest BCUT2D eigenvalue weighted by atomic mass is 10.2. The predicted molar refractivity (Wildman–Crippen MR) is 75.3 cm³/mol. The fourth-order valence-corrected chi connectivity index (χ4v) is 1.63. The van der Waals surface area contributed by atoms with E-state index in [0.29, 0.717) is 0 Å². The number of carbonyl (C=O) groups is 2. The zero-order valence-electron chi connectivity index (χ0n) is 11.7. The number of halogens is 1. The number of para-hydroxylation sites is 2. The second-order valence-electron chi connectivity index (χ2n) is 4.25. The monoisotopic (exact) mass is 304 g/mol. The minimum atomic E-state index is -0.685. The van der Waals surface area contributed by atoms with Gasteiger partial charge < -0.3 is 14.2 Å². The first-order valence-electron chi connectivity index (χ1n) is 6.36. The Morgan fingerprint density at radius 1 is 0.955 bits per heavy atom. The fraction of sp³-hybridized carbons (Fsp3) is 0.125. The van der Waals surface area contributed by atoms with Crippen LogP contribution in [0.4, 0.5) is 4.39 Å². The molecule has 0 bridgehead atoms. The van der Waals surface area contributed by atoms with Crippen molar-refractivity contribution in [1.29, 1.82) is 0 Å². The topological polar surface area (TPSA) is 61.8 Å². The van der Waals surface area contributed by atoms with Crippen molar-refractivity contribution in [2.75, 3.05) is 13.7 Å². The molecular formula is C16H13FO5. The molecule has 0 saturated carbocycles. The molecule has 0 unspecified atom stereocenters. The van der Waals surface area contributed by atoms with Gasteiger partial charge in [0.1, 0.15) is 12.4 Å².